The number of H-pyrrole nitrogens is 1. The fraction of sp³-hybridized carbons (Fsp3) is 0.556. The molecule has 0 saturated carbocycles. The molecule has 0 atom stereocenters. The maximum absolute atomic E-state index is 12.8. The Kier molecular flexibility index (Phi) is 4.04. The largest absolute Gasteiger partial charge is 0.339 e. The van der Waals surface area contributed by atoms with Crippen molar-refractivity contribution < 1.29 is 4.79 Å². The van der Waals surface area contributed by atoms with E-state index in [0.717, 1.165) is 56.0 Å². The lowest BCUT2D eigenvalue weighted by Crippen LogP contribution is -2.38. The number of rotatable bonds is 2. The van der Waals surface area contributed by atoms with Crippen molar-refractivity contribution in [3.63, 3.8) is 0 Å². The van der Waals surface area contributed by atoms with Gasteiger partial charge in [-0.05, 0) is 57.1 Å². The minimum atomic E-state index is 0.112. The van der Waals surface area contributed by atoms with Gasteiger partial charge < -0.3 is 4.90 Å². The van der Waals surface area contributed by atoms with Crippen LogP contribution in [0.2, 0.25) is 0 Å². The van der Waals surface area contributed by atoms with Gasteiger partial charge in [-0.25, -0.2) is 4.98 Å². The van der Waals surface area contributed by atoms with Crippen LogP contribution in [0.1, 0.15) is 64.9 Å². The Bertz CT molecular complexity index is 746. The number of carbonyl (C=O) groups is 1. The molecule has 0 radical (unpaired) electrons. The zero-order valence-electron chi connectivity index (χ0n) is 14.1. The van der Waals surface area contributed by atoms with Gasteiger partial charge in [0.2, 0.25) is 0 Å². The number of aromatic amines is 1. The molecule has 1 N–H and O–H groups in total. The van der Waals surface area contributed by atoms with Gasteiger partial charge in [-0.2, -0.15) is 5.10 Å². The molecule has 2 aromatic rings. The Morgan fingerprint density at radius 3 is 2.79 bits per heavy atom. The van der Waals surface area contributed by atoms with Crippen LogP contribution in [0.5, 0.6) is 0 Å². The molecule has 1 fully saturated rings. The van der Waals surface area contributed by atoms with Crippen LogP contribution in [-0.2, 0) is 12.8 Å². The number of amides is 1. The highest BCUT2D eigenvalue weighted by atomic mass is 16.2. The second-order valence-electron chi connectivity index (χ2n) is 6.88. The van der Waals surface area contributed by atoms with Crippen molar-refractivity contribution in [2.24, 2.45) is 0 Å². The highest BCUT2D eigenvalue weighted by molar-refractivity contribution is 5.94. The third kappa shape index (κ3) is 2.92. The van der Waals surface area contributed by atoms with E-state index < -0.39 is 0 Å². The van der Waals surface area contributed by atoms with Crippen LogP contribution in [0.25, 0.3) is 0 Å². The van der Waals surface area contributed by atoms with Gasteiger partial charge in [0, 0.05) is 30.9 Å². The molecule has 6 heteroatoms. The van der Waals surface area contributed by atoms with Crippen LogP contribution in [0.3, 0.4) is 0 Å². The molecule has 0 unspecified atom stereocenters. The number of piperidine rings is 1. The van der Waals surface area contributed by atoms with E-state index in [1.54, 1.807) is 6.20 Å². The molecule has 1 aliphatic heterocycles. The molecule has 126 valence electrons. The fourth-order valence-electron chi connectivity index (χ4n) is 3.77. The van der Waals surface area contributed by atoms with E-state index in [2.05, 4.69) is 26.2 Å². The summed E-state index contributed by atoms with van der Waals surface area (Å²) in [7, 11) is 0. The van der Waals surface area contributed by atoms with Crippen molar-refractivity contribution in [1.29, 1.82) is 0 Å². The Balaban J connectivity index is 1.43. The van der Waals surface area contributed by atoms with E-state index in [4.69, 9.17) is 0 Å². The number of likely N-dealkylation sites (tertiary alicyclic amines) is 1. The predicted molar refractivity (Wildman–Crippen MR) is 89.9 cm³/mol. The average molecular weight is 325 g/mol. The SMILES string of the molecule is Cc1nc(C2CCN(C(=O)c3cnc4c(c3)CCCC4)CC2)n[nH]1. The van der Waals surface area contributed by atoms with Gasteiger partial charge in [-0.15, -0.1) is 0 Å². The smallest absolute Gasteiger partial charge is 0.255 e. The number of carbonyl (C=O) groups excluding carboxylic acids is 1. The highest BCUT2D eigenvalue weighted by Crippen LogP contribution is 2.27. The van der Waals surface area contributed by atoms with Gasteiger partial charge >= 0.3 is 0 Å². The second-order valence-corrected chi connectivity index (χ2v) is 6.88. The molecular formula is C18H23N5O. The van der Waals surface area contributed by atoms with Gasteiger partial charge in [-0.1, -0.05) is 0 Å². The molecule has 4 rings (SSSR count). The first kappa shape index (κ1) is 15.3. The molecule has 6 nitrogen and oxygen atoms in total. The standard InChI is InChI=1S/C18H23N5O/c1-12-20-17(22-21-12)13-6-8-23(9-7-13)18(24)15-10-14-4-2-3-5-16(14)19-11-15/h10-11,13H,2-9H2,1H3,(H,20,21,22). The van der Waals surface area contributed by atoms with E-state index in [0.29, 0.717) is 5.92 Å². The number of hydrogen-bond donors (Lipinski definition) is 1. The third-order valence-corrected chi connectivity index (χ3v) is 5.18. The Morgan fingerprint density at radius 2 is 2.04 bits per heavy atom. The first-order chi connectivity index (χ1) is 11.7. The summed E-state index contributed by atoms with van der Waals surface area (Å²) in [4.78, 5) is 23.7. The van der Waals surface area contributed by atoms with Crippen molar-refractivity contribution >= 4 is 5.91 Å². The highest BCUT2D eigenvalue weighted by Gasteiger charge is 2.27. The summed E-state index contributed by atoms with van der Waals surface area (Å²) in [5, 5.41) is 7.17. The van der Waals surface area contributed by atoms with E-state index in [1.807, 2.05) is 11.8 Å². The topological polar surface area (TPSA) is 74.8 Å². The third-order valence-electron chi connectivity index (χ3n) is 5.18. The van der Waals surface area contributed by atoms with Crippen molar-refractivity contribution in [3.8, 4) is 0 Å². The summed E-state index contributed by atoms with van der Waals surface area (Å²) in [6.07, 6.45) is 8.11. The molecular weight excluding hydrogens is 302 g/mol. The summed E-state index contributed by atoms with van der Waals surface area (Å²) in [6, 6.07) is 2.06. The Labute approximate surface area is 141 Å². The van der Waals surface area contributed by atoms with Crippen LogP contribution in [0, 0.1) is 6.92 Å². The average Bonchev–Trinajstić information content (AvgIpc) is 3.07. The van der Waals surface area contributed by atoms with Crippen LogP contribution in [-0.4, -0.2) is 44.1 Å². The Hall–Kier alpha value is -2.24. The lowest BCUT2D eigenvalue weighted by molar-refractivity contribution is 0.0710. The summed E-state index contributed by atoms with van der Waals surface area (Å²) < 4.78 is 0. The van der Waals surface area contributed by atoms with E-state index in [1.165, 1.54) is 24.1 Å². The zero-order chi connectivity index (χ0) is 16.5. The van der Waals surface area contributed by atoms with Gasteiger partial charge in [-0.3, -0.25) is 14.9 Å². The molecule has 2 aromatic heterocycles. The van der Waals surface area contributed by atoms with Crippen LogP contribution >= 0.6 is 0 Å². The minimum absolute atomic E-state index is 0.112. The number of pyridine rings is 1. The normalized spacial score (nSPS) is 18.5. The van der Waals surface area contributed by atoms with Crippen molar-refractivity contribution in [2.45, 2.75) is 51.4 Å². The summed E-state index contributed by atoms with van der Waals surface area (Å²) in [5.74, 6) is 2.19. The number of aryl methyl sites for hydroxylation is 3. The molecule has 1 saturated heterocycles. The van der Waals surface area contributed by atoms with E-state index in [9.17, 15) is 4.79 Å². The maximum Gasteiger partial charge on any atom is 0.255 e. The molecule has 3 heterocycles. The quantitative estimate of drug-likeness (QED) is 0.920. The summed E-state index contributed by atoms with van der Waals surface area (Å²) >= 11 is 0. The summed E-state index contributed by atoms with van der Waals surface area (Å²) in [5.41, 5.74) is 3.18. The van der Waals surface area contributed by atoms with Crippen LogP contribution in [0.4, 0.5) is 0 Å². The Morgan fingerprint density at radius 1 is 1.25 bits per heavy atom. The second kappa shape index (κ2) is 6.34. The van der Waals surface area contributed by atoms with Gasteiger partial charge in [0.05, 0.1) is 5.56 Å². The molecule has 0 aromatic carbocycles. The molecule has 2 aliphatic rings. The number of fused-ring (bicyclic) bond motifs is 1. The van der Waals surface area contributed by atoms with Gasteiger partial charge in [0.25, 0.3) is 5.91 Å². The lowest BCUT2D eigenvalue weighted by atomic mass is 9.94. The fourth-order valence-corrected chi connectivity index (χ4v) is 3.77. The van der Waals surface area contributed by atoms with E-state index in [-0.39, 0.29) is 5.91 Å². The molecule has 1 aliphatic carbocycles. The predicted octanol–water partition coefficient (Wildman–Crippen LogP) is 2.41. The molecule has 1 amide bonds. The van der Waals surface area contributed by atoms with Crippen LogP contribution < -0.4 is 0 Å². The zero-order valence-corrected chi connectivity index (χ0v) is 14.1. The monoisotopic (exact) mass is 325 g/mol. The maximum atomic E-state index is 12.8. The van der Waals surface area contributed by atoms with Crippen molar-refractivity contribution in [2.75, 3.05) is 13.1 Å². The lowest BCUT2D eigenvalue weighted by Gasteiger charge is -2.31. The number of hydrogen-bond acceptors (Lipinski definition) is 4. The number of aromatic nitrogens is 4. The van der Waals surface area contributed by atoms with Crippen LogP contribution in [0.15, 0.2) is 12.3 Å². The summed E-state index contributed by atoms with van der Waals surface area (Å²) in [6.45, 7) is 3.43. The van der Waals surface area contributed by atoms with Crippen molar-refractivity contribution in [3.05, 3.63) is 40.7 Å². The van der Waals surface area contributed by atoms with Gasteiger partial charge in [0.1, 0.15) is 5.82 Å². The molecule has 24 heavy (non-hydrogen) atoms. The minimum Gasteiger partial charge on any atom is -0.339 e. The first-order valence-electron chi connectivity index (χ1n) is 8.86. The number of nitrogens with one attached hydrogen (secondary N) is 1. The molecule has 0 spiro atoms. The van der Waals surface area contributed by atoms with Gasteiger partial charge in [0.15, 0.2) is 5.82 Å². The van der Waals surface area contributed by atoms with Crippen molar-refractivity contribution in [1.82, 2.24) is 25.1 Å². The molecule has 0 bridgehead atoms. The first-order valence-corrected chi connectivity index (χ1v) is 8.86. The van der Waals surface area contributed by atoms with E-state index >= 15 is 0 Å². The number of nitrogens with zero attached hydrogens (tertiary/aromatic N) is 4.